The van der Waals surface area contributed by atoms with Crippen LogP contribution in [0.1, 0.15) is 52.4 Å². The molecule has 0 spiro atoms. The van der Waals surface area contributed by atoms with Crippen LogP contribution in [0.4, 0.5) is 0 Å². The quantitative estimate of drug-likeness (QED) is 0.459. The van der Waals surface area contributed by atoms with Crippen molar-refractivity contribution in [3.05, 3.63) is 11.6 Å². The van der Waals surface area contributed by atoms with Gasteiger partial charge in [0.05, 0.1) is 0 Å². The highest BCUT2D eigenvalue weighted by Crippen LogP contribution is 2.07. The van der Waals surface area contributed by atoms with Crippen molar-refractivity contribution in [2.45, 2.75) is 52.4 Å². The Labute approximate surface area is 76.5 Å². The third-order valence-electron chi connectivity index (χ3n) is 2.03. The van der Waals surface area contributed by atoms with Crippen molar-refractivity contribution in [1.29, 1.82) is 0 Å². The average Bonchev–Trinajstić information content (AvgIpc) is 2.09. The van der Waals surface area contributed by atoms with Crippen LogP contribution in [0.2, 0.25) is 0 Å². The molecule has 1 heteroatoms. The minimum Gasteiger partial charge on any atom is -0.396 e. The van der Waals surface area contributed by atoms with E-state index >= 15 is 0 Å². The number of allylic oxidation sites excluding steroid dienone is 2. The molecular formula is C11H22O. The molecule has 0 aliphatic heterocycles. The molecule has 72 valence electrons. The average molecular weight is 170 g/mol. The van der Waals surface area contributed by atoms with Gasteiger partial charge in [-0.15, -0.1) is 0 Å². The molecule has 0 aromatic heterocycles. The SMILES string of the molecule is CCCCC/C=C(/C)CCCO. The van der Waals surface area contributed by atoms with Crippen LogP contribution < -0.4 is 0 Å². The number of aliphatic hydroxyl groups excluding tert-OH is 1. The van der Waals surface area contributed by atoms with E-state index in [9.17, 15) is 0 Å². The molecule has 1 N–H and O–H groups in total. The van der Waals surface area contributed by atoms with Crippen LogP contribution in [0, 0.1) is 0 Å². The van der Waals surface area contributed by atoms with Crippen LogP contribution in [0.15, 0.2) is 11.6 Å². The van der Waals surface area contributed by atoms with Crippen LogP contribution in [0.5, 0.6) is 0 Å². The van der Waals surface area contributed by atoms with Crippen LogP contribution in [-0.2, 0) is 0 Å². The van der Waals surface area contributed by atoms with Gasteiger partial charge in [0.1, 0.15) is 0 Å². The van der Waals surface area contributed by atoms with E-state index in [-0.39, 0.29) is 0 Å². The summed E-state index contributed by atoms with van der Waals surface area (Å²) in [7, 11) is 0. The predicted octanol–water partition coefficient (Wildman–Crippen LogP) is 3.29. The lowest BCUT2D eigenvalue weighted by molar-refractivity contribution is 0.288. The first-order valence-electron chi connectivity index (χ1n) is 5.07. The van der Waals surface area contributed by atoms with Crippen molar-refractivity contribution >= 4 is 0 Å². The van der Waals surface area contributed by atoms with Crippen molar-refractivity contribution in [3.8, 4) is 0 Å². The summed E-state index contributed by atoms with van der Waals surface area (Å²) in [6.07, 6.45) is 9.44. The van der Waals surface area contributed by atoms with Crippen LogP contribution >= 0.6 is 0 Å². The lowest BCUT2D eigenvalue weighted by atomic mass is 10.1. The number of hydrogen-bond donors (Lipinski definition) is 1. The lowest BCUT2D eigenvalue weighted by Crippen LogP contribution is -1.84. The van der Waals surface area contributed by atoms with Crippen molar-refractivity contribution < 1.29 is 5.11 Å². The molecule has 0 fully saturated rings. The minimum atomic E-state index is 0.320. The highest BCUT2D eigenvalue weighted by molar-refractivity contribution is 4.97. The summed E-state index contributed by atoms with van der Waals surface area (Å²) < 4.78 is 0. The van der Waals surface area contributed by atoms with E-state index in [0.29, 0.717) is 6.61 Å². The Morgan fingerprint density at radius 1 is 1.25 bits per heavy atom. The molecule has 0 unspecified atom stereocenters. The van der Waals surface area contributed by atoms with Crippen molar-refractivity contribution in [3.63, 3.8) is 0 Å². The van der Waals surface area contributed by atoms with Crippen LogP contribution in [-0.4, -0.2) is 11.7 Å². The standard InChI is InChI=1S/C11H22O/c1-3-4-5-6-8-11(2)9-7-10-12/h8,12H,3-7,9-10H2,1-2H3/b11-8-. The van der Waals surface area contributed by atoms with E-state index < -0.39 is 0 Å². The van der Waals surface area contributed by atoms with Crippen LogP contribution in [0.3, 0.4) is 0 Å². The van der Waals surface area contributed by atoms with Gasteiger partial charge >= 0.3 is 0 Å². The summed E-state index contributed by atoms with van der Waals surface area (Å²) in [5, 5.41) is 8.60. The first-order valence-corrected chi connectivity index (χ1v) is 5.07. The van der Waals surface area contributed by atoms with E-state index in [1.165, 1.54) is 31.3 Å². The first kappa shape index (κ1) is 11.7. The molecule has 0 bridgehead atoms. The highest BCUT2D eigenvalue weighted by atomic mass is 16.2. The second kappa shape index (κ2) is 8.79. The molecule has 0 aromatic carbocycles. The Balaban J connectivity index is 3.28. The number of aliphatic hydroxyl groups is 1. The summed E-state index contributed by atoms with van der Waals surface area (Å²) in [5.74, 6) is 0. The second-order valence-corrected chi connectivity index (χ2v) is 3.37. The largest absolute Gasteiger partial charge is 0.396 e. The maximum absolute atomic E-state index is 8.60. The maximum atomic E-state index is 8.60. The molecule has 0 saturated carbocycles. The van der Waals surface area contributed by atoms with Crippen molar-refractivity contribution in [2.24, 2.45) is 0 Å². The van der Waals surface area contributed by atoms with Gasteiger partial charge in [-0.2, -0.15) is 0 Å². The van der Waals surface area contributed by atoms with Gasteiger partial charge in [0.25, 0.3) is 0 Å². The molecule has 0 radical (unpaired) electrons. The van der Waals surface area contributed by atoms with Crippen molar-refractivity contribution in [1.82, 2.24) is 0 Å². The molecule has 0 aliphatic rings. The fourth-order valence-corrected chi connectivity index (χ4v) is 1.20. The minimum absolute atomic E-state index is 0.320. The van der Waals surface area contributed by atoms with Gasteiger partial charge in [0.15, 0.2) is 0 Å². The molecule has 0 aliphatic carbocycles. The molecular weight excluding hydrogens is 148 g/mol. The summed E-state index contributed by atoms with van der Waals surface area (Å²) in [6, 6.07) is 0. The van der Waals surface area contributed by atoms with Crippen molar-refractivity contribution in [2.75, 3.05) is 6.61 Å². The Hall–Kier alpha value is -0.300. The van der Waals surface area contributed by atoms with Gasteiger partial charge in [-0.1, -0.05) is 31.4 Å². The summed E-state index contributed by atoms with van der Waals surface area (Å²) in [5.41, 5.74) is 1.43. The summed E-state index contributed by atoms with van der Waals surface area (Å²) in [4.78, 5) is 0. The molecule has 0 heterocycles. The van der Waals surface area contributed by atoms with Gasteiger partial charge in [0.2, 0.25) is 0 Å². The van der Waals surface area contributed by atoms with E-state index in [1.54, 1.807) is 0 Å². The fraction of sp³-hybridized carbons (Fsp3) is 0.818. The summed E-state index contributed by atoms with van der Waals surface area (Å²) in [6.45, 7) is 4.70. The molecule has 0 atom stereocenters. The Morgan fingerprint density at radius 3 is 2.58 bits per heavy atom. The molecule has 1 nitrogen and oxygen atoms in total. The van der Waals surface area contributed by atoms with Gasteiger partial charge in [-0.3, -0.25) is 0 Å². The van der Waals surface area contributed by atoms with Gasteiger partial charge < -0.3 is 5.11 Å². The van der Waals surface area contributed by atoms with E-state index in [0.717, 1.165) is 12.8 Å². The Morgan fingerprint density at radius 2 is 2.00 bits per heavy atom. The van der Waals surface area contributed by atoms with Crippen LogP contribution in [0.25, 0.3) is 0 Å². The molecule has 0 saturated heterocycles. The zero-order chi connectivity index (χ0) is 9.23. The third kappa shape index (κ3) is 7.80. The van der Waals surface area contributed by atoms with Gasteiger partial charge in [0, 0.05) is 6.61 Å². The number of hydrogen-bond acceptors (Lipinski definition) is 1. The van der Waals surface area contributed by atoms with E-state index in [4.69, 9.17) is 5.11 Å². The number of rotatable bonds is 7. The zero-order valence-electron chi connectivity index (χ0n) is 8.47. The van der Waals surface area contributed by atoms with Gasteiger partial charge in [-0.05, 0) is 32.6 Å². The second-order valence-electron chi connectivity index (χ2n) is 3.37. The van der Waals surface area contributed by atoms with E-state index in [1.807, 2.05) is 0 Å². The molecule has 0 rings (SSSR count). The molecule has 0 aromatic rings. The molecule has 12 heavy (non-hydrogen) atoms. The maximum Gasteiger partial charge on any atom is 0.0434 e. The lowest BCUT2D eigenvalue weighted by Gasteiger charge is -1.98. The third-order valence-corrected chi connectivity index (χ3v) is 2.03. The Kier molecular flexibility index (Phi) is 8.57. The predicted molar refractivity (Wildman–Crippen MR) is 54.2 cm³/mol. The Bertz CT molecular complexity index is 116. The monoisotopic (exact) mass is 170 g/mol. The fourth-order valence-electron chi connectivity index (χ4n) is 1.20. The van der Waals surface area contributed by atoms with E-state index in [2.05, 4.69) is 19.9 Å². The van der Waals surface area contributed by atoms with Gasteiger partial charge in [-0.25, -0.2) is 0 Å². The first-order chi connectivity index (χ1) is 5.81. The smallest absolute Gasteiger partial charge is 0.0434 e. The normalized spacial score (nSPS) is 12.1. The highest BCUT2D eigenvalue weighted by Gasteiger charge is 1.89. The molecule has 0 amide bonds. The topological polar surface area (TPSA) is 20.2 Å². The number of unbranched alkanes of at least 4 members (excludes halogenated alkanes) is 3. The summed E-state index contributed by atoms with van der Waals surface area (Å²) >= 11 is 0. The zero-order valence-corrected chi connectivity index (χ0v) is 8.47.